The van der Waals surface area contributed by atoms with Gasteiger partial charge in [-0.3, -0.25) is 4.79 Å². The number of amides is 1. The molecule has 0 bridgehead atoms. The molecule has 1 amide bonds. The number of carbonyl (C=O) groups is 1. The van der Waals surface area contributed by atoms with Crippen molar-refractivity contribution in [2.75, 3.05) is 11.9 Å². The third kappa shape index (κ3) is 4.22. The molecule has 0 saturated carbocycles. The van der Waals surface area contributed by atoms with E-state index in [9.17, 15) is 4.79 Å². The average Bonchev–Trinajstić information content (AvgIpc) is 2.35. The van der Waals surface area contributed by atoms with E-state index in [4.69, 9.17) is 0 Å². The van der Waals surface area contributed by atoms with E-state index in [1.807, 2.05) is 12.1 Å². The summed E-state index contributed by atoms with van der Waals surface area (Å²) in [5.41, 5.74) is 3.69. The fourth-order valence-corrected chi connectivity index (χ4v) is 2.64. The van der Waals surface area contributed by atoms with Gasteiger partial charge >= 0.3 is 0 Å². The lowest BCUT2D eigenvalue weighted by molar-refractivity contribution is -0.114. The number of anilines is 1. The minimum absolute atomic E-state index is 0. The van der Waals surface area contributed by atoms with Crippen LogP contribution in [0.25, 0.3) is 0 Å². The Morgan fingerprint density at radius 2 is 2.21 bits per heavy atom. The van der Waals surface area contributed by atoms with Gasteiger partial charge in [0.25, 0.3) is 0 Å². The molecule has 1 aromatic carbocycles. The zero-order valence-electron chi connectivity index (χ0n) is 11.7. The molecule has 3 nitrogen and oxygen atoms in total. The maximum absolute atomic E-state index is 11.2. The fraction of sp³-hybridized carbons (Fsp3) is 0.533. The molecule has 0 fully saturated rings. The molecule has 106 valence electrons. The summed E-state index contributed by atoms with van der Waals surface area (Å²) in [5.74, 6) is 0.00892. The van der Waals surface area contributed by atoms with Crippen LogP contribution in [0.1, 0.15) is 37.8 Å². The molecule has 0 heterocycles. The van der Waals surface area contributed by atoms with E-state index in [0.29, 0.717) is 6.04 Å². The van der Waals surface area contributed by atoms with Gasteiger partial charge in [-0.25, -0.2) is 0 Å². The van der Waals surface area contributed by atoms with Crippen LogP contribution in [0.4, 0.5) is 5.69 Å². The summed E-state index contributed by atoms with van der Waals surface area (Å²) in [5, 5.41) is 6.52. The summed E-state index contributed by atoms with van der Waals surface area (Å²) in [7, 11) is 0. The molecule has 0 radical (unpaired) electrons. The highest BCUT2D eigenvalue weighted by molar-refractivity contribution is 5.89. The predicted octanol–water partition coefficient (Wildman–Crippen LogP) is 2.92. The molecular formula is C15H23ClN2O. The van der Waals surface area contributed by atoms with Gasteiger partial charge in [-0.15, -0.1) is 12.4 Å². The van der Waals surface area contributed by atoms with Crippen LogP contribution in [0.3, 0.4) is 0 Å². The van der Waals surface area contributed by atoms with Crippen molar-refractivity contribution in [2.24, 2.45) is 0 Å². The Balaban J connectivity index is 0.00000180. The van der Waals surface area contributed by atoms with Gasteiger partial charge in [0.1, 0.15) is 0 Å². The van der Waals surface area contributed by atoms with Crippen molar-refractivity contribution in [2.45, 2.75) is 45.6 Å². The second-order valence-electron chi connectivity index (χ2n) is 5.02. The molecular weight excluding hydrogens is 260 g/mol. The van der Waals surface area contributed by atoms with Crippen molar-refractivity contribution in [3.8, 4) is 0 Å². The van der Waals surface area contributed by atoms with Crippen LogP contribution in [-0.2, 0) is 17.6 Å². The molecule has 0 spiro atoms. The summed E-state index contributed by atoms with van der Waals surface area (Å²) >= 11 is 0. The maximum Gasteiger partial charge on any atom is 0.221 e. The lowest BCUT2D eigenvalue weighted by atomic mass is 9.87. The Labute approximate surface area is 121 Å². The van der Waals surface area contributed by atoms with E-state index in [-0.39, 0.29) is 18.3 Å². The lowest BCUT2D eigenvalue weighted by Crippen LogP contribution is -2.35. The summed E-state index contributed by atoms with van der Waals surface area (Å²) in [6, 6.07) is 6.80. The van der Waals surface area contributed by atoms with Crippen LogP contribution in [0.5, 0.6) is 0 Å². The van der Waals surface area contributed by atoms with Crippen molar-refractivity contribution >= 4 is 24.0 Å². The van der Waals surface area contributed by atoms with Crippen molar-refractivity contribution in [3.05, 3.63) is 29.3 Å². The molecule has 0 aromatic heterocycles. The van der Waals surface area contributed by atoms with Crippen molar-refractivity contribution in [1.29, 1.82) is 0 Å². The van der Waals surface area contributed by atoms with E-state index in [0.717, 1.165) is 31.5 Å². The van der Waals surface area contributed by atoms with E-state index in [1.165, 1.54) is 17.5 Å². The molecule has 1 unspecified atom stereocenters. The number of halogens is 1. The molecule has 19 heavy (non-hydrogen) atoms. The van der Waals surface area contributed by atoms with Gasteiger partial charge in [-0.1, -0.05) is 19.1 Å². The van der Waals surface area contributed by atoms with Crippen LogP contribution < -0.4 is 10.6 Å². The second kappa shape index (κ2) is 7.51. The van der Waals surface area contributed by atoms with Crippen LogP contribution in [-0.4, -0.2) is 18.5 Å². The largest absolute Gasteiger partial charge is 0.326 e. The molecule has 1 atom stereocenters. The number of hydrogen-bond donors (Lipinski definition) is 2. The van der Waals surface area contributed by atoms with Gasteiger partial charge < -0.3 is 10.6 Å². The predicted molar refractivity (Wildman–Crippen MR) is 82.1 cm³/mol. The lowest BCUT2D eigenvalue weighted by Gasteiger charge is -2.27. The first kappa shape index (κ1) is 16.0. The summed E-state index contributed by atoms with van der Waals surface area (Å²) in [6.07, 6.45) is 4.45. The average molecular weight is 283 g/mol. The molecule has 1 aliphatic carbocycles. The highest BCUT2D eigenvalue weighted by Crippen LogP contribution is 2.28. The van der Waals surface area contributed by atoms with Crippen LogP contribution in [0, 0.1) is 0 Å². The molecule has 0 saturated heterocycles. The number of fused-ring (bicyclic) bond motifs is 1. The highest BCUT2D eigenvalue weighted by atomic mass is 35.5. The van der Waals surface area contributed by atoms with E-state index in [2.05, 4.69) is 23.6 Å². The third-order valence-electron chi connectivity index (χ3n) is 3.48. The zero-order valence-corrected chi connectivity index (χ0v) is 12.5. The van der Waals surface area contributed by atoms with Gasteiger partial charge in [0.15, 0.2) is 0 Å². The summed E-state index contributed by atoms with van der Waals surface area (Å²) in [4.78, 5) is 11.2. The quantitative estimate of drug-likeness (QED) is 0.891. The van der Waals surface area contributed by atoms with Crippen LogP contribution >= 0.6 is 12.4 Å². The van der Waals surface area contributed by atoms with Crippen molar-refractivity contribution < 1.29 is 4.79 Å². The van der Waals surface area contributed by atoms with Crippen molar-refractivity contribution in [3.63, 3.8) is 0 Å². The monoisotopic (exact) mass is 282 g/mol. The number of rotatable bonds is 4. The standard InChI is InChI=1S/C15H22N2O.ClH/c1-3-9-16-13-7-8-14-12(10-13)5-4-6-15(14)17-11(2)18;/h4-6,13,16H,3,7-10H2,1-2H3,(H,17,18);1H. The number of benzene rings is 1. The highest BCUT2D eigenvalue weighted by Gasteiger charge is 2.20. The zero-order chi connectivity index (χ0) is 13.0. The van der Waals surface area contributed by atoms with Gasteiger partial charge in [-0.2, -0.15) is 0 Å². The van der Waals surface area contributed by atoms with E-state index < -0.39 is 0 Å². The molecule has 4 heteroatoms. The summed E-state index contributed by atoms with van der Waals surface area (Å²) in [6.45, 7) is 4.85. The first-order chi connectivity index (χ1) is 8.70. The Morgan fingerprint density at radius 3 is 2.89 bits per heavy atom. The first-order valence-corrected chi connectivity index (χ1v) is 6.82. The molecule has 2 N–H and O–H groups in total. The molecule has 0 aliphatic heterocycles. The Bertz CT molecular complexity index is 434. The second-order valence-corrected chi connectivity index (χ2v) is 5.02. The van der Waals surface area contributed by atoms with Gasteiger partial charge in [0, 0.05) is 18.7 Å². The molecule has 1 aliphatic rings. The number of hydrogen-bond acceptors (Lipinski definition) is 2. The summed E-state index contributed by atoms with van der Waals surface area (Å²) < 4.78 is 0. The smallest absolute Gasteiger partial charge is 0.221 e. The van der Waals surface area contributed by atoms with Gasteiger partial charge in [-0.05, 0) is 49.4 Å². The normalized spacial score (nSPS) is 17.3. The topological polar surface area (TPSA) is 41.1 Å². The third-order valence-corrected chi connectivity index (χ3v) is 3.48. The SMILES string of the molecule is CCCNC1CCc2c(cccc2NC(C)=O)C1.Cl. The number of nitrogens with one attached hydrogen (secondary N) is 2. The van der Waals surface area contributed by atoms with E-state index >= 15 is 0 Å². The Morgan fingerprint density at radius 1 is 1.42 bits per heavy atom. The number of carbonyl (C=O) groups excluding carboxylic acids is 1. The maximum atomic E-state index is 11.2. The minimum atomic E-state index is 0. The van der Waals surface area contributed by atoms with Gasteiger partial charge in [0.05, 0.1) is 0 Å². The van der Waals surface area contributed by atoms with Crippen LogP contribution in [0.15, 0.2) is 18.2 Å². The molecule has 2 rings (SSSR count). The van der Waals surface area contributed by atoms with Gasteiger partial charge in [0.2, 0.25) is 5.91 Å². The molecule has 1 aromatic rings. The minimum Gasteiger partial charge on any atom is -0.326 e. The van der Waals surface area contributed by atoms with Crippen LogP contribution in [0.2, 0.25) is 0 Å². The van der Waals surface area contributed by atoms with E-state index in [1.54, 1.807) is 6.92 Å². The Kier molecular flexibility index (Phi) is 6.32. The first-order valence-electron chi connectivity index (χ1n) is 6.82. The van der Waals surface area contributed by atoms with Crippen molar-refractivity contribution in [1.82, 2.24) is 5.32 Å². The fourth-order valence-electron chi connectivity index (χ4n) is 2.64. The Hall–Kier alpha value is -1.06.